The van der Waals surface area contributed by atoms with E-state index >= 15 is 0 Å². The summed E-state index contributed by atoms with van der Waals surface area (Å²) in [4.78, 5) is 30.7. The van der Waals surface area contributed by atoms with Crippen molar-refractivity contribution in [2.45, 2.75) is 51.2 Å². The van der Waals surface area contributed by atoms with Crippen LogP contribution in [0.25, 0.3) is 11.0 Å². The van der Waals surface area contributed by atoms with E-state index in [-0.39, 0.29) is 6.04 Å². The highest BCUT2D eigenvalue weighted by atomic mass is 35.5. The predicted octanol–water partition coefficient (Wildman–Crippen LogP) is 2.06. The minimum absolute atomic E-state index is 0.124. The number of fused-ring (bicyclic) bond motifs is 1. The molecule has 0 saturated heterocycles. The van der Waals surface area contributed by atoms with Crippen LogP contribution in [0.4, 0.5) is 4.79 Å². The molecule has 1 aromatic carbocycles. The number of benzene rings is 1. The van der Waals surface area contributed by atoms with E-state index in [0.29, 0.717) is 16.1 Å². The maximum Gasteiger partial charge on any atom is 0.321 e. The van der Waals surface area contributed by atoms with Crippen LogP contribution in [0.15, 0.2) is 18.2 Å². The zero-order chi connectivity index (χ0) is 17.8. The van der Waals surface area contributed by atoms with Crippen LogP contribution in [-0.4, -0.2) is 39.2 Å². The van der Waals surface area contributed by atoms with Gasteiger partial charge in [0.2, 0.25) is 6.10 Å². The number of carbonyl (C=O) groups excluding carboxylic acids is 2. The summed E-state index contributed by atoms with van der Waals surface area (Å²) in [5.74, 6) is -0.556. The molecule has 8 nitrogen and oxygen atoms in total. The number of hydrogen-bond acceptors (Lipinski definition) is 5. The Morgan fingerprint density at radius 3 is 2.84 bits per heavy atom. The Labute approximate surface area is 149 Å². The number of aromatic nitrogens is 3. The van der Waals surface area contributed by atoms with Crippen LogP contribution in [0.1, 0.15) is 39.0 Å². The molecule has 1 heterocycles. The maximum absolute atomic E-state index is 12.1. The second-order valence-electron chi connectivity index (χ2n) is 6.14. The van der Waals surface area contributed by atoms with Crippen LogP contribution in [0.2, 0.25) is 5.02 Å². The second kappa shape index (κ2) is 7.69. The molecule has 2 N–H and O–H groups in total. The van der Waals surface area contributed by atoms with E-state index < -0.39 is 18.0 Å². The largest absolute Gasteiger partial charge is 0.382 e. The lowest BCUT2D eigenvalue weighted by molar-refractivity contribution is -0.131. The van der Waals surface area contributed by atoms with Gasteiger partial charge in [0.25, 0.3) is 5.91 Å². The molecule has 0 spiro atoms. The summed E-state index contributed by atoms with van der Waals surface area (Å²) in [6.45, 7) is 1.53. The summed E-state index contributed by atoms with van der Waals surface area (Å²) in [5, 5.41) is 13.4. The first kappa shape index (κ1) is 17.5. The third-order valence-corrected chi connectivity index (χ3v) is 4.42. The number of rotatable bonds is 4. The molecule has 134 valence electrons. The van der Waals surface area contributed by atoms with Crippen LogP contribution < -0.4 is 15.5 Å². The van der Waals surface area contributed by atoms with E-state index in [1.807, 2.05) is 0 Å². The number of nitrogens with one attached hydrogen (secondary N) is 2. The zero-order valence-corrected chi connectivity index (χ0v) is 14.6. The molecule has 1 aliphatic carbocycles. The molecule has 3 amide bonds. The van der Waals surface area contributed by atoms with Gasteiger partial charge in [-0.2, -0.15) is 0 Å². The number of halogens is 1. The fraction of sp³-hybridized carbons (Fsp3) is 0.500. The van der Waals surface area contributed by atoms with Crippen molar-refractivity contribution in [2.75, 3.05) is 0 Å². The Bertz CT molecular complexity index is 772. The smallest absolute Gasteiger partial charge is 0.321 e. The Kier molecular flexibility index (Phi) is 5.37. The van der Waals surface area contributed by atoms with Gasteiger partial charge in [0, 0.05) is 11.1 Å². The molecule has 0 bridgehead atoms. The van der Waals surface area contributed by atoms with Gasteiger partial charge in [0.05, 0.1) is 0 Å². The Balaban J connectivity index is 1.56. The molecular weight excluding hydrogens is 346 g/mol. The number of hydrogen-bond donors (Lipinski definition) is 2. The van der Waals surface area contributed by atoms with Gasteiger partial charge in [-0.25, -0.2) is 4.79 Å². The molecule has 1 aliphatic rings. The number of carbonyl (C=O) groups is 2. The van der Waals surface area contributed by atoms with E-state index in [4.69, 9.17) is 16.4 Å². The number of nitrogens with zero attached hydrogens (tertiary/aromatic N) is 3. The minimum atomic E-state index is -0.930. The molecule has 1 fully saturated rings. The Morgan fingerprint density at radius 2 is 2.08 bits per heavy atom. The molecule has 0 aliphatic heterocycles. The summed E-state index contributed by atoms with van der Waals surface area (Å²) >= 11 is 5.95. The van der Waals surface area contributed by atoms with Crippen LogP contribution in [0, 0.1) is 0 Å². The van der Waals surface area contributed by atoms with Crippen LogP contribution in [0.5, 0.6) is 0 Å². The van der Waals surface area contributed by atoms with E-state index in [1.54, 1.807) is 18.2 Å². The number of imide groups is 1. The number of amides is 3. The fourth-order valence-corrected chi connectivity index (χ4v) is 3.00. The summed E-state index contributed by atoms with van der Waals surface area (Å²) < 4.78 is 0. The average molecular weight is 366 g/mol. The topological polar surface area (TPSA) is 98.1 Å². The lowest BCUT2D eigenvalue weighted by Crippen LogP contribution is -2.49. The summed E-state index contributed by atoms with van der Waals surface area (Å²) in [6, 6.07) is 4.65. The maximum atomic E-state index is 12.1. The summed E-state index contributed by atoms with van der Waals surface area (Å²) in [6.07, 6.45) is 4.35. The zero-order valence-electron chi connectivity index (χ0n) is 13.9. The van der Waals surface area contributed by atoms with Crippen molar-refractivity contribution in [1.82, 2.24) is 25.8 Å². The first-order valence-electron chi connectivity index (χ1n) is 8.32. The summed E-state index contributed by atoms with van der Waals surface area (Å²) in [5.41, 5.74) is 1.13. The van der Waals surface area contributed by atoms with Crippen molar-refractivity contribution >= 4 is 34.6 Å². The lowest BCUT2D eigenvalue weighted by atomic mass is 9.96. The van der Waals surface area contributed by atoms with Gasteiger partial charge in [-0.3, -0.25) is 10.1 Å². The Hall–Kier alpha value is -2.35. The van der Waals surface area contributed by atoms with Gasteiger partial charge < -0.3 is 10.2 Å². The van der Waals surface area contributed by atoms with Gasteiger partial charge in [0.1, 0.15) is 11.0 Å². The van der Waals surface area contributed by atoms with Crippen molar-refractivity contribution in [3.63, 3.8) is 0 Å². The summed E-state index contributed by atoms with van der Waals surface area (Å²) in [7, 11) is 0. The fourth-order valence-electron chi connectivity index (χ4n) is 2.83. The van der Waals surface area contributed by atoms with Gasteiger partial charge >= 0.3 is 6.03 Å². The first-order chi connectivity index (χ1) is 12.0. The highest BCUT2D eigenvalue weighted by Gasteiger charge is 2.22. The van der Waals surface area contributed by atoms with Crippen LogP contribution in [-0.2, 0) is 4.79 Å². The van der Waals surface area contributed by atoms with Gasteiger partial charge in [-0.05, 0) is 43.2 Å². The van der Waals surface area contributed by atoms with Gasteiger partial charge in [0.15, 0.2) is 0 Å². The molecule has 2 aromatic rings. The SMILES string of the molecule is C[C@H](On1nnc2ccc(Cl)cc21)C(=O)NC(=O)NC1CCCCC1. The van der Waals surface area contributed by atoms with Crippen molar-refractivity contribution in [2.24, 2.45) is 0 Å². The monoisotopic (exact) mass is 365 g/mol. The van der Waals surface area contributed by atoms with E-state index in [0.717, 1.165) is 30.5 Å². The molecule has 0 radical (unpaired) electrons. The Morgan fingerprint density at radius 1 is 1.32 bits per heavy atom. The van der Waals surface area contributed by atoms with Crippen molar-refractivity contribution in [1.29, 1.82) is 0 Å². The van der Waals surface area contributed by atoms with Crippen molar-refractivity contribution < 1.29 is 14.4 Å². The van der Waals surface area contributed by atoms with E-state index in [2.05, 4.69) is 20.9 Å². The molecular formula is C16H20ClN5O3. The quantitative estimate of drug-likeness (QED) is 0.864. The van der Waals surface area contributed by atoms with Crippen LogP contribution in [0.3, 0.4) is 0 Å². The van der Waals surface area contributed by atoms with Crippen molar-refractivity contribution in [3.8, 4) is 0 Å². The predicted molar refractivity (Wildman–Crippen MR) is 92.1 cm³/mol. The molecule has 1 aromatic heterocycles. The van der Waals surface area contributed by atoms with E-state index in [1.165, 1.54) is 13.3 Å². The van der Waals surface area contributed by atoms with Gasteiger partial charge in [-0.15, -0.1) is 5.10 Å². The van der Waals surface area contributed by atoms with Crippen LogP contribution >= 0.6 is 11.6 Å². The molecule has 0 unspecified atom stereocenters. The lowest BCUT2D eigenvalue weighted by Gasteiger charge is -2.23. The van der Waals surface area contributed by atoms with E-state index in [9.17, 15) is 9.59 Å². The average Bonchev–Trinajstić information content (AvgIpc) is 2.97. The number of urea groups is 1. The molecule has 1 atom stereocenters. The highest BCUT2D eigenvalue weighted by molar-refractivity contribution is 6.31. The molecule has 25 heavy (non-hydrogen) atoms. The normalized spacial score (nSPS) is 16.4. The highest BCUT2D eigenvalue weighted by Crippen LogP contribution is 2.17. The molecule has 9 heteroatoms. The molecule has 3 rings (SSSR count). The third-order valence-electron chi connectivity index (χ3n) is 4.18. The minimum Gasteiger partial charge on any atom is -0.382 e. The second-order valence-corrected chi connectivity index (χ2v) is 6.58. The molecule has 1 saturated carbocycles. The van der Waals surface area contributed by atoms with Crippen molar-refractivity contribution in [3.05, 3.63) is 23.2 Å². The van der Waals surface area contributed by atoms with Gasteiger partial charge in [-0.1, -0.05) is 35.7 Å². The third kappa shape index (κ3) is 4.39. The standard InChI is InChI=1S/C16H20ClN5O3/c1-10(15(23)19-16(24)18-12-5-3-2-4-6-12)25-22-14-9-11(17)7-8-13(14)20-21-22/h7-10,12H,2-6H2,1H3,(H2,18,19,23,24)/t10-/m0/s1. The first-order valence-corrected chi connectivity index (χ1v) is 8.70.